The Morgan fingerprint density at radius 1 is 1.71 bits per heavy atom. The maximum absolute atomic E-state index is 11.2. The second-order valence-electron chi connectivity index (χ2n) is 3.21. The number of anilines is 2. The molecule has 7 heteroatoms. The van der Waals surface area contributed by atoms with Crippen molar-refractivity contribution in [3.8, 4) is 5.75 Å². The van der Waals surface area contributed by atoms with E-state index in [0.717, 1.165) is 0 Å². The van der Waals surface area contributed by atoms with Gasteiger partial charge in [0.2, 0.25) is 0 Å². The minimum Gasteiger partial charge on any atom is -0.485 e. The van der Waals surface area contributed by atoms with Crippen molar-refractivity contribution in [1.82, 2.24) is 4.98 Å². The van der Waals surface area contributed by atoms with E-state index in [4.69, 9.17) is 15.2 Å². The number of carbonyl (C=O) groups is 1. The Bertz CT molecular complexity index is 473. The average molecular weight is 236 g/mol. The lowest BCUT2D eigenvalue weighted by Gasteiger charge is -2.14. The van der Waals surface area contributed by atoms with E-state index in [-0.39, 0.29) is 18.2 Å². The molecule has 1 aromatic heterocycles. The number of amides is 1. The number of hydrogen-bond acceptors (Lipinski definition) is 6. The van der Waals surface area contributed by atoms with Crippen molar-refractivity contribution in [2.45, 2.75) is 6.92 Å². The molecular weight excluding hydrogens is 224 g/mol. The SMILES string of the molecule is CCOC(=O)Nc1cc2c(c(N)n1)N=CCO2. The highest BCUT2D eigenvalue weighted by Crippen LogP contribution is 2.35. The fourth-order valence-corrected chi connectivity index (χ4v) is 1.36. The lowest BCUT2D eigenvalue weighted by atomic mass is 10.3. The number of pyridine rings is 1. The van der Waals surface area contributed by atoms with Gasteiger partial charge in [-0.3, -0.25) is 5.32 Å². The molecule has 0 aromatic carbocycles. The number of hydrogen-bond donors (Lipinski definition) is 2. The predicted molar refractivity (Wildman–Crippen MR) is 62.9 cm³/mol. The van der Waals surface area contributed by atoms with Gasteiger partial charge in [-0.1, -0.05) is 0 Å². The molecule has 0 unspecified atom stereocenters. The highest BCUT2D eigenvalue weighted by molar-refractivity contribution is 5.86. The zero-order chi connectivity index (χ0) is 12.3. The highest BCUT2D eigenvalue weighted by Gasteiger charge is 2.15. The van der Waals surface area contributed by atoms with E-state index >= 15 is 0 Å². The fourth-order valence-electron chi connectivity index (χ4n) is 1.36. The standard InChI is InChI=1S/C10H12N4O3/c1-2-16-10(15)14-7-5-6-8(9(11)13-7)12-3-4-17-6/h3,5H,2,4H2,1H3,(H3,11,13,14,15). The summed E-state index contributed by atoms with van der Waals surface area (Å²) >= 11 is 0. The van der Waals surface area contributed by atoms with Crippen LogP contribution < -0.4 is 15.8 Å². The molecule has 17 heavy (non-hydrogen) atoms. The molecule has 0 radical (unpaired) electrons. The van der Waals surface area contributed by atoms with Crippen LogP contribution in [0.1, 0.15) is 6.92 Å². The average Bonchev–Trinajstić information content (AvgIpc) is 2.29. The van der Waals surface area contributed by atoms with E-state index in [9.17, 15) is 4.79 Å². The first-order valence-corrected chi connectivity index (χ1v) is 5.10. The largest absolute Gasteiger partial charge is 0.485 e. The van der Waals surface area contributed by atoms with Crippen molar-refractivity contribution in [2.24, 2.45) is 4.99 Å². The van der Waals surface area contributed by atoms with Crippen LogP contribution in [0.15, 0.2) is 11.1 Å². The van der Waals surface area contributed by atoms with E-state index in [1.165, 1.54) is 0 Å². The molecular formula is C10H12N4O3. The van der Waals surface area contributed by atoms with Crippen LogP contribution in [0.5, 0.6) is 5.75 Å². The van der Waals surface area contributed by atoms with Crippen LogP contribution in [0.4, 0.5) is 22.1 Å². The lowest BCUT2D eigenvalue weighted by Crippen LogP contribution is -2.15. The summed E-state index contributed by atoms with van der Waals surface area (Å²) in [5, 5.41) is 2.45. The van der Waals surface area contributed by atoms with Crippen LogP contribution in [0.2, 0.25) is 0 Å². The maximum Gasteiger partial charge on any atom is 0.412 e. The Hall–Kier alpha value is -2.31. The van der Waals surface area contributed by atoms with Gasteiger partial charge in [0.15, 0.2) is 11.6 Å². The first-order chi connectivity index (χ1) is 8.20. The number of aromatic nitrogens is 1. The van der Waals surface area contributed by atoms with Gasteiger partial charge in [0.05, 0.1) is 6.61 Å². The number of nitrogens with two attached hydrogens (primary N) is 1. The van der Waals surface area contributed by atoms with Gasteiger partial charge in [0, 0.05) is 12.3 Å². The van der Waals surface area contributed by atoms with Crippen LogP contribution in [0.3, 0.4) is 0 Å². The predicted octanol–water partition coefficient (Wildman–Crippen LogP) is 1.33. The van der Waals surface area contributed by atoms with Crippen LogP contribution in [0, 0.1) is 0 Å². The highest BCUT2D eigenvalue weighted by atomic mass is 16.5. The van der Waals surface area contributed by atoms with Gasteiger partial charge in [0.25, 0.3) is 0 Å². The summed E-state index contributed by atoms with van der Waals surface area (Å²) in [5.41, 5.74) is 6.17. The molecule has 0 saturated carbocycles. The molecule has 0 atom stereocenters. The molecule has 0 spiro atoms. The van der Waals surface area contributed by atoms with E-state index in [0.29, 0.717) is 18.0 Å². The van der Waals surface area contributed by atoms with Crippen LogP contribution in [0.25, 0.3) is 0 Å². The summed E-state index contributed by atoms with van der Waals surface area (Å²) in [7, 11) is 0. The summed E-state index contributed by atoms with van der Waals surface area (Å²) in [5.74, 6) is 0.967. The summed E-state index contributed by atoms with van der Waals surface area (Å²) in [6, 6.07) is 1.55. The Morgan fingerprint density at radius 3 is 3.29 bits per heavy atom. The molecule has 0 bridgehead atoms. The van der Waals surface area contributed by atoms with E-state index in [2.05, 4.69) is 15.3 Å². The monoisotopic (exact) mass is 236 g/mol. The van der Waals surface area contributed by atoms with Gasteiger partial charge in [0.1, 0.15) is 18.1 Å². The van der Waals surface area contributed by atoms with Gasteiger partial charge in [-0.15, -0.1) is 0 Å². The molecule has 1 amide bonds. The van der Waals surface area contributed by atoms with Crippen LogP contribution >= 0.6 is 0 Å². The number of aliphatic imine (C=N–C) groups is 1. The number of nitrogens with zero attached hydrogens (tertiary/aromatic N) is 2. The molecule has 1 aromatic rings. The summed E-state index contributed by atoms with van der Waals surface area (Å²) in [4.78, 5) is 19.3. The number of nitrogens with one attached hydrogen (secondary N) is 1. The Labute approximate surface area is 97.6 Å². The third-order valence-corrected chi connectivity index (χ3v) is 2.02. The number of nitrogen functional groups attached to an aromatic ring is 1. The Morgan fingerprint density at radius 2 is 2.53 bits per heavy atom. The first-order valence-electron chi connectivity index (χ1n) is 5.10. The topological polar surface area (TPSA) is 98.8 Å². The molecule has 1 aliphatic heterocycles. The normalized spacial score (nSPS) is 12.5. The second-order valence-corrected chi connectivity index (χ2v) is 3.21. The summed E-state index contributed by atoms with van der Waals surface area (Å²) in [6.07, 6.45) is 1.01. The molecule has 2 rings (SSSR count). The number of ether oxygens (including phenoxy) is 2. The van der Waals surface area contributed by atoms with Crippen LogP contribution in [-0.2, 0) is 4.74 Å². The minimum atomic E-state index is -0.585. The zero-order valence-electron chi connectivity index (χ0n) is 9.27. The van der Waals surface area contributed by atoms with Gasteiger partial charge >= 0.3 is 6.09 Å². The van der Waals surface area contributed by atoms with Crippen molar-refractivity contribution in [3.05, 3.63) is 6.07 Å². The van der Waals surface area contributed by atoms with Gasteiger partial charge in [-0.25, -0.2) is 14.8 Å². The molecule has 90 valence electrons. The number of carbonyl (C=O) groups excluding carboxylic acids is 1. The maximum atomic E-state index is 11.2. The van der Waals surface area contributed by atoms with Crippen molar-refractivity contribution >= 4 is 29.6 Å². The van der Waals surface area contributed by atoms with E-state index in [1.807, 2.05) is 0 Å². The third-order valence-electron chi connectivity index (χ3n) is 2.02. The van der Waals surface area contributed by atoms with E-state index in [1.54, 1.807) is 19.2 Å². The van der Waals surface area contributed by atoms with Gasteiger partial charge in [-0.2, -0.15) is 0 Å². The lowest BCUT2D eigenvalue weighted by molar-refractivity contribution is 0.168. The molecule has 3 N–H and O–H groups in total. The Balaban J connectivity index is 2.23. The smallest absolute Gasteiger partial charge is 0.412 e. The van der Waals surface area contributed by atoms with Crippen molar-refractivity contribution in [3.63, 3.8) is 0 Å². The molecule has 0 fully saturated rings. The van der Waals surface area contributed by atoms with Crippen molar-refractivity contribution < 1.29 is 14.3 Å². The van der Waals surface area contributed by atoms with Crippen LogP contribution in [-0.4, -0.2) is 30.5 Å². The van der Waals surface area contributed by atoms with Crippen molar-refractivity contribution in [2.75, 3.05) is 24.3 Å². The quantitative estimate of drug-likeness (QED) is 0.806. The van der Waals surface area contributed by atoms with Gasteiger partial charge < -0.3 is 15.2 Å². The molecule has 0 aliphatic carbocycles. The van der Waals surface area contributed by atoms with E-state index < -0.39 is 6.09 Å². The number of rotatable bonds is 2. The molecule has 0 saturated heterocycles. The Kier molecular flexibility index (Phi) is 3.08. The first kappa shape index (κ1) is 11.2. The zero-order valence-corrected chi connectivity index (χ0v) is 9.27. The molecule has 7 nitrogen and oxygen atoms in total. The summed E-state index contributed by atoms with van der Waals surface area (Å²) < 4.78 is 10.1. The third kappa shape index (κ3) is 2.44. The van der Waals surface area contributed by atoms with Crippen molar-refractivity contribution in [1.29, 1.82) is 0 Å². The fraction of sp³-hybridized carbons (Fsp3) is 0.300. The minimum absolute atomic E-state index is 0.199. The second kappa shape index (κ2) is 4.69. The molecule has 1 aliphatic rings. The summed E-state index contributed by atoms with van der Waals surface area (Å²) in [6.45, 7) is 2.37. The number of fused-ring (bicyclic) bond motifs is 1. The van der Waals surface area contributed by atoms with Gasteiger partial charge in [-0.05, 0) is 6.92 Å². The molecule has 2 heterocycles.